The van der Waals surface area contributed by atoms with E-state index in [2.05, 4.69) is 17.0 Å². The second kappa shape index (κ2) is 10.3. The van der Waals surface area contributed by atoms with Crippen LogP contribution in [0.25, 0.3) is 0 Å². The van der Waals surface area contributed by atoms with Crippen molar-refractivity contribution in [3.8, 4) is 0 Å². The lowest BCUT2D eigenvalue weighted by atomic mass is 10.0. The summed E-state index contributed by atoms with van der Waals surface area (Å²) in [6.07, 6.45) is 4.28. The van der Waals surface area contributed by atoms with E-state index in [1.807, 2.05) is 25.1 Å². The molecular weight excluding hydrogens is 332 g/mol. The molecule has 1 aliphatic rings. The number of para-hydroxylation sites is 1. The van der Waals surface area contributed by atoms with E-state index in [1.54, 1.807) is 0 Å². The van der Waals surface area contributed by atoms with Gasteiger partial charge in [-0.1, -0.05) is 61.8 Å². The molecule has 2 aromatic rings. The van der Waals surface area contributed by atoms with Gasteiger partial charge in [0.1, 0.15) is 0 Å². The van der Waals surface area contributed by atoms with Gasteiger partial charge in [0.2, 0.25) is 5.91 Å². The van der Waals surface area contributed by atoms with Gasteiger partial charge >= 0.3 is 0 Å². The third kappa shape index (κ3) is 5.67. The predicted molar refractivity (Wildman–Crippen MR) is 113 cm³/mol. The van der Waals surface area contributed by atoms with Crippen LogP contribution < -0.4 is 4.90 Å². The fourth-order valence-corrected chi connectivity index (χ4v) is 3.66. The zero-order chi connectivity index (χ0) is 23.3. The second-order valence-electron chi connectivity index (χ2n) is 7.15. The van der Waals surface area contributed by atoms with Crippen LogP contribution in [0.2, 0.25) is 0 Å². The fraction of sp³-hybridized carbons (Fsp3) is 0.458. The average molecular weight is 370 g/mol. The highest BCUT2D eigenvalue weighted by Crippen LogP contribution is 2.25. The maximum absolute atomic E-state index is 13.2. The Balaban J connectivity index is 1.79. The summed E-state index contributed by atoms with van der Waals surface area (Å²) in [6, 6.07) is 8.36. The quantitative estimate of drug-likeness (QED) is 0.659. The van der Waals surface area contributed by atoms with Crippen LogP contribution in [0.15, 0.2) is 60.5 Å². The summed E-state index contributed by atoms with van der Waals surface area (Å²) < 4.78 is 40.7. The number of unbranched alkanes of at least 4 members (excludes halogenated alkanes) is 1. The predicted octanol–water partition coefficient (Wildman–Crippen LogP) is 4.92. The first-order valence-corrected chi connectivity index (χ1v) is 10.00. The molecule has 0 N–H and O–H groups in total. The van der Waals surface area contributed by atoms with E-state index < -0.39 is 18.1 Å². The summed E-state index contributed by atoms with van der Waals surface area (Å²) in [5, 5.41) is 0. The Kier molecular flexibility index (Phi) is 5.31. The maximum Gasteiger partial charge on any atom is 0.227 e. The number of anilines is 1. The number of nitrogens with zero attached hydrogens (tertiary/aromatic N) is 2. The molecule has 3 nitrogen and oxygen atoms in total. The summed E-state index contributed by atoms with van der Waals surface area (Å²) in [5.41, 5.74) is 1.32. The molecule has 0 bridgehead atoms. The molecule has 1 amide bonds. The van der Waals surface area contributed by atoms with Crippen LogP contribution in [0.4, 0.5) is 5.69 Å². The molecule has 1 saturated heterocycles. The number of carbonyl (C=O) groups excluding carboxylic acids is 1. The Labute approximate surface area is 171 Å². The van der Waals surface area contributed by atoms with Crippen molar-refractivity contribution in [2.75, 3.05) is 24.5 Å². The molecule has 3 heteroatoms. The van der Waals surface area contributed by atoms with E-state index in [-0.39, 0.29) is 29.7 Å². The monoisotopic (exact) mass is 369 g/mol. The lowest BCUT2D eigenvalue weighted by Gasteiger charge is -2.38. The first kappa shape index (κ1) is 14.0. The standard InChI is InChI=1S/C24H32N2O/c1-2-3-14-24(27)26(22-12-8-5-9-13-22)23-16-19-25(20-17-23)18-15-21-10-6-4-7-11-21/h4-13,23H,2-3,14-20H2,1H3/i5D,8D,9D,12D,13D. The molecule has 0 unspecified atom stereocenters. The summed E-state index contributed by atoms with van der Waals surface area (Å²) in [4.78, 5) is 17.1. The summed E-state index contributed by atoms with van der Waals surface area (Å²) in [5.74, 6) is -0.159. The SMILES string of the molecule is [2H]c1c([2H])c([2H])c(N(C(=O)CCCC)C2CCN(CCc3ccccc3)CC2)c([2H])c1[2H]. The van der Waals surface area contributed by atoms with E-state index in [0.717, 1.165) is 45.3 Å². The van der Waals surface area contributed by atoms with Crippen LogP contribution in [-0.4, -0.2) is 36.5 Å². The molecule has 0 spiro atoms. The van der Waals surface area contributed by atoms with E-state index in [9.17, 15) is 4.79 Å². The normalized spacial score (nSPS) is 18.2. The molecule has 27 heavy (non-hydrogen) atoms. The van der Waals surface area contributed by atoms with Gasteiger partial charge in [-0.15, -0.1) is 0 Å². The fourth-order valence-electron chi connectivity index (χ4n) is 3.66. The van der Waals surface area contributed by atoms with E-state index in [1.165, 1.54) is 10.5 Å². The molecule has 0 radical (unpaired) electrons. The van der Waals surface area contributed by atoms with Gasteiger partial charge in [-0.2, -0.15) is 0 Å². The first-order chi connectivity index (χ1) is 15.3. The van der Waals surface area contributed by atoms with E-state index in [4.69, 9.17) is 6.85 Å². The third-order valence-corrected chi connectivity index (χ3v) is 5.22. The van der Waals surface area contributed by atoms with Crippen molar-refractivity contribution in [3.63, 3.8) is 0 Å². The number of hydrogen-bond donors (Lipinski definition) is 0. The first-order valence-electron chi connectivity index (χ1n) is 12.5. The number of carbonyl (C=O) groups is 1. The van der Waals surface area contributed by atoms with Crippen LogP contribution >= 0.6 is 0 Å². The largest absolute Gasteiger partial charge is 0.309 e. The molecule has 3 rings (SSSR count). The van der Waals surface area contributed by atoms with Gasteiger partial charge in [0.05, 0.1) is 6.85 Å². The molecule has 144 valence electrons. The molecular formula is C24H32N2O. The van der Waals surface area contributed by atoms with Crippen LogP contribution in [0, 0.1) is 0 Å². The number of amides is 1. The van der Waals surface area contributed by atoms with Crippen molar-refractivity contribution in [1.82, 2.24) is 4.90 Å². The smallest absolute Gasteiger partial charge is 0.227 e. The minimum absolute atomic E-state index is 0.0276. The van der Waals surface area contributed by atoms with Gasteiger partial charge in [-0.3, -0.25) is 4.79 Å². The molecule has 2 aromatic carbocycles. The Morgan fingerprint density at radius 3 is 2.52 bits per heavy atom. The molecule has 0 aliphatic carbocycles. The van der Waals surface area contributed by atoms with Crippen LogP contribution in [0.5, 0.6) is 0 Å². The van der Waals surface area contributed by atoms with Crippen LogP contribution in [0.1, 0.15) is 51.4 Å². The van der Waals surface area contributed by atoms with Crippen LogP contribution in [-0.2, 0) is 11.2 Å². The highest BCUT2D eigenvalue weighted by molar-refractivity contribution is 5.93. The highest BCUT2D eigenvalue weighted by atomic mass is 16.2. The van der Waals surface area contributed by atoms with Crippen molar-refractivity contribution in [2.24, 2.45) is 0 Å². The summed E-state index contributed by atoms with van der Waals surface area (Å²) >= 11 is 0. The molecule has 0 aromatic heterocycles. The van der Waals surface area contributed by atoms with Crippen molar-refractivity contribution in [2.45, 2.75) is 51.5 Å². The molecule has 0 saturated carbocycles. The number of hydrogen-bond acceptors (Lipinski definition) is 2. The lowest BCUT2D eigenvalue weighted by Crippen LogP contribution is -2.48. The van der Waals surface area contributed by atoms with Gasteiger partial charge in [-0.05, 0) is 43.3 Å². The molecule has 1 aliphatic heterocycles. The zero-order valence-electron chi connectivity index (χ0n) is 21.1. The Morgan fingerprint density at radius 1 is 1.15 bits per heavy atom. The molecule has 1 heterocycles. The highest BCUT2D eigenvalue weighted by Gasteiger charge is 2.28. The number of benzene rings is 2. The van der Waals surface area contributed by atoms with Gasteiger partial charge < -0.3 is 9.80 Å². The minimum Gasteiger partial charge on any atom is -0.309 e. The van der Waals surface area contributed by atoms with Crippen molar-refractivity contribution < 1.29 is 11.6 Å². The van der Waals surface area contributed by atoms with Crippen molar-refractivity contribution in [3.05, 3.63) is 66.1 Å². The van der Waals surface area contributed by atoms with Gasteiger partial charge in [0, 0.05) is 37.8 Å². The Hall–Kier alpha value is -2.13. The summed E-state index contributed by atoms with van der Waals surface area (Å²) in [6.45, 7) is 4.57. The van der Waals surface area contributed by atoms with Gasteiger partial charge in [-0.25, -0.2) is 0 Å². The minimum atomic E-state index is -0.430. The lowest BCUT2D eigenvalue weighted by molar-refractivity contribution is -0.119. The number of likely N-dealkylation sites (tertiary alicyclic amines) is 1. The molecule has 1 fully saturated rings. The van der Waals surface area contributed by atoms with Crippen molar-refractivity contribution in [1.29, 1.82) is 0 Å². The molecule has 0 atom stereocenters. The number of piperidine rings is 1. The Bertz CT molecular complexity index is 901. The van der Waals surface area contributed by atoms with Gasteiger partial charge in [0.15, 0.2) is 0 Å². The summed E-state index contributed by atoms with van der Waals surface area (Å²) in [7, 11) is 0. The van der Waals surface area contributed by atoms with Crippen LogP contribution in [0.3, 0.4) is 0 Å². The second-order valence-corrected chi connectivity index (χ2v) is 7.15. The maximum atomic E-state index is 13.2. The third-order valence-electron chi connectivity index (χ3n) is 5.22. The Morgan fingerprint density at radius 2 is 1.85 bits per heavy atom. The number of rotatable bonds is 8. The van der Waals surface area contributed by atoms with E-state index in [0.29, 0.717) is 12.8 Å². The average Bonchev–Trinajstić information content (AvgIpc) is 2.82. The van der Waals surface area contributed by atoms with Crippen molar-refractivity contribution >= 4 is 11.6 Å². The van der Waals surface area contributed by atoms with E-state index >= 15 is 0 Å². The van der Waals surface area contributed by atoms with Gasteiger partial charge in [0.25, 0.3) is 0 Å². The topological polar surface area (TPSA) is 23.6 Å². The zero-order valence-corrected chi connectivity index (χ0v) is 16.1.